The summed E-state index contributed by atoms with van der Waals surface area (Å²) in [4.78, 5) is 14.2. The Hall–Kier alpha value is -1.66. The molecule has 1 aromatic rings. The summed E-state index contributed by atoms with van der Waals surface area (Å²) in [5.74, 6) is -0.331. The number of methoxy groups -OCH3 is 1. The summed E-state index contributed by atoms with van der Waals surface area (Å²) in [6.45, 7) is 0.271. The average Bonchev–Trinajstić information content (AvgIpc) is 3.13. The van der Waals surface area contributed by atoms with Crippen LogP contribution in [0.3, 0.4) is 0 Å². The number of ether oxygens (including phenoxy) is 1. The Labute approximate surface area is 135 Å². The summed E-state index contributed by atoms with van der Waals surface area (Å²) in [6, 6.07) is 5.84. The van der Waals surface area contributed by atoms with E-state index in [1.54, 1.807) is 24.1 Å². The van der Waals surface area contributed by atoms with E-state index in [1.807, 2.05) is 0 Å². The van der Waals surface area contributed by atoms with Crippen LogP contribution in [-0.4, -0.2) is 47.9 Å². The predicted octanol–water partition coefficient (Wildman–Crippen LogP) is 2.21. The maximum atomic E-state index is 13.5. The average molecular weight is 322 g/mol. The Morgan fingerprint density at radius 2 is 2.22 bits per heavy atom. The van der Waals surface area contributed by atoms with Crippen molar-refractivity contribution >= 4 is 6.03 Å². The molecule has 1 aliphatic heterocycles. The number of halogens is 1. The number of nitrogens with one attached hydrogen (secondary N) is 1. The summed E-state index contributed by atoms with van der Waals surface area (Å²) in [6.07, 6.45) is 2.70. The van der Waals surface area contributed by atoms with Crippen LogP contribution in [-0.2, 0) is 4.74 Å². The number of β-amino-alcohol motifs (C(OH)–C–C–N with tert-alkyl or cyclic N) is 1. The van der Waals surface area contributed by atoms with Crippen LogP contribution in [0.5, 0.6) is 0 Å². The molecule has 0 aromatic heterocycles. The van der Waals surface area contributed by atoms with Crippen LogP contribution in [0.4, 0.5) is 9.18 Å². The number of hydrogen-bond donors (Lipinski definition) is 2. The zero-order chi connectivity index (χ0) is 16.4. The smallest absolute Gasteiger partial charge is 0.318 e. The molecular weight excluding hydrogens is 299 g/mol. The van der Waals surface area contributed by atoms with Gasteiger partial charge in [0.2, 0.25) is 0 Å². The van der Waals surface area contributed by atoms with Gasteiger partial charge < -0.3 is 20.1 Å². The van der Waals surface area contributed by atoms with Crippen LogP contribution in [0, 0.1) is 5.82 Å². The number of likely N-dealkylation sites (tertiary alicyclic amines) is 1. The lowest BCUT2D eigenvalue weighted by atomic mass is 10.0. The van der Waals surface area contributed by atoms with E-state index >= 15 is 0 Å². The molecule has 1 saturated heterocycles. The van der Waals surface area contributed by atoms with E-state index in [0.29, 0.717) is 6.42 Å². The molecule has 0 bridgehead atoms. The first-order chi connectivity index (χ1) is 11.1. The molecule has 0 radical (unpaired) electrons. The van der Waals surface area contributed by atoms with Crippen LogP contribution in [0.15, 0.2) is 24.3 Å². The number of carbonyl (C=O) groups is 1. The lowest BCUT2D eigenvalue weighted by Crippen LogP contribution is -2.44. The van der Waals surface area contributed by atoms with Crippen LogP contribution in [0.2, 0.25) is 0 Å². The van der Waals surface area contributed by atoms with Gasteiger partial charge in [0, 0.05) is 19.7 Å². The minimum Gasteiger partial charge on any atom is -0.391 e. The Balaban J connectivity index is 1.68. The minimum atomic E-state index is -0.579. The van der Waals surface area contributed by atoms with E-state index in [2.05, 4.69) is 5.32 Å². The van der Waals surface area contributed by atoms with Crippen molar-refractivity contribution in [3.8, 4) is 0 Å². The maximum absolute atomic E-state index is 13.5. The third-order valence-corrected chi connectivity index (χ3v) is 4.82. The predicted molar refractivity (Wildman–Crippen MR) is 83.4 cm³/mol. The van der Waals surface area contributed by atoms with E-state index in [4.69, 9.17) is 4.74 Å². The summed E-state index contributed by atoms with van der Waals surface area (Å²) in [7, 11) is 1.69. The topological polar surface area (TPSA) is 61.8 Å². The molecule has 6 heteroatoms. The molecule has 126 valence electrons. The second-order valence-corrected chi connectivity index (χ2v) is 6.43. The standard InChI is InChI=1S/C17H23FN2O3/c1-23-15-6-5-13(8-15)19-17(22)20-10-14(21)9-16(20)11-3-2-4-12(18)7-11/h2-4,7,13-16,21H,5-6,8-10H2,1H3,(H,19,22)/t13-,14+,15+,16-/m0/s1. The number of nitrogens with zero attached hydrogens (tertiary/aromatic N) is 1. The van der Waals surface area contributed by atoms with E-state index in [1.165, 1.54) is 12.1 Å². The zero-order valence-electron chi connectivity index (χ0n) is 13.2. The van der Waals surface area contributed by atoms with Crippen molar-refractivity contribution in [3.05, 3.63) is 35.6 Å². The molecule has 23 heavy (non-hydrogen) atoms. The number of benzene rings is 1. The van der Waals surface area contributed by atoms with Crippen LogP contribution in [0.1, 0.15) is 37.3 Å². The van der Waals surface area contributed by atoms with Gasteiger partial charge in [0.05, 0.1) is 18.2 Å². The highest BCUT2D eigenvalue weighted by Crippen LogP contribution is 2.33. The van der Waals surface area contributed by atoms with Gasteiger partial charge in [-0.25, -0.2) is 9.18 Å². The number of amides is 2. The highest BCUT2D eigenvalue weighted by Gasteiger charge is 2.37. The highest BCUT2D eigenvalue weighted by molar-refractivity contribution is 5.75. The molecule has 1 heterocycles. The van der Waals surface area contributed by atoms with Crippen molar-refractivity contribution in [1.82, 2.24) is 10.2 Å². The highest BCUT2D eigenvalue weighted by atomic mass is 19.1. The van der Waals surface area contributed by atoms with Gasteiger partial charge in [-0.1, -0.05) is 12.1 Å². The van der Waals surface area contributed by atoms with Crippen molar-refractivity contribution in [1.29, 1.82) is 0 Å². The maximum Gasteiger partial charge on any atom is 0.318 e. The molecule has 0 unspecified atom stereocenters. The van der Waals surface area contributed by atoms with Gasteiger partial charge in [-0.05, 0) is 43.4 Å². The van der Waals surface area contributed by atoms with Crippen molar-refractivity contribution in [2.75, 3.05) is 13.7 Å². The van der Waals surface area contributed by atoms with E-state index < -0.39 is 6.10 Å². The van der Waals surface area contributed by atoms with Crippen LogP contribution < -0.4 is 5.32 Å². The first kappa shape index (κ1) is 16.2. The fourth-order valence-corrected chi connectivity index (χ4v) is 3.61. The van der Waals surface area contributed by atoms with Gasteiger partial charge in [0.15, 0.2) is 0 Å². The van der Waals surface area contributed by atoms with Gasteiger partial charge in [0.25, 0.3) is 0 Å². The number of aliphatic hydroxyl groups is 1. The van der Waals surface area contributed by atoms with Crippen molar-refractivity contribution in [3.63, 3.8) is 0 Å². The summed E-state index contributed by atoms with van der Waals surface area (Å²) < 4.78 is 18.8. The molecule has 2 N–H and O–H groups in total. The fourth-order valence-electron chi connectivity index (χ4n) is 3.61. The number of hydrogen-bond acceptors (Lipinski definition) is 3. The molecule has 2 aliphatic rings. The first-order valence-electron chi connectivity index (χ1n) is 8.10. The number of urea groups is 1. The molecule has 5 nitrogen and oxygen atoms in total. The van der Waals surface area contributed by atoms with E-state index in [9.17, 15) is 14.3 Å². The lowest BCUT2D eigenvalue weighted by molar-refractivity contribution is 0.106. The lowest BCUT2D eigenvalue weighted by Gasteiger charge is -2.27. The fraction of sp³-hybridized carbons (Fsp3) is 0.588. The number of carbonyl (C=O) groups excluding carboxylic acids is 1. The number of aliphatic hydroxyl groups excluding tert-OH is 1. The van der Waals surface area contributed by atoms with Gasteiger partial charge in [-0.15, -0.1) is 0 Å². The van der Waals surface area contributed by atoms with Gasteiger partial charge in [-0.3, -0.25) is 0 Å². The largest absolute Gasteiger partial charge is 0.391 e. The third kappa shape index (κ3) is 3.64. The van der Waals surface area contributed by atoms with E-state index in [0.717, 1.165) is 24.8 Å². The Bertz CT molecular complexity index is 569. The second kappa shape index (κ2) is 6.84. The summed E-state index contributed by atoms with van der Waals surface area (Å²) in [5, 5.41) is 13.0. The van der Waals surface area contributed by atoms with Crippen molar-refractivity contribution in [2.45, 2.75) is 50.0 Å². The van der Waals surface area contributed by atoms with Gasteiger partial charge in [0.1, 0.15) is 5.82 Å². The SMILES string of the molecule is CO[C@@H]1CC[C@H](NC(=O)N2C[C@H](O)C[C@H]2c2cccc(F)c2)C1. The van der Waals surface area contributed by atoms with Gasteiger partial charge >= 0.3 is 6.03 Å². The van der Waals surface area contributed by atoms with Crippen molar-refractivity contribution < 1.29 is 19.0 Å². The molecule has 1 aliphatic carbocycles. The second-order valence-electron chi connectivity index (χ2n) is 6.43. The Morgan fingerprint density at radius 3 is 2.91 bits per heavy atom. The summed E-state index contributed by atoms with van der Waals surface area (Å²) >= 11 is 0. The number of rotatable bonds is 3. The molecule has 1 saturated carbocycles. The molecule has 2 fully saturated rings. The van der Waals surface area contributed by atoms with Crippen molar-refractivity contribution in [2.24, 2.45) is 0 Å². The molecular formula is C17H23FN2O3. The van der Waals surface area contributed by atoms with Crippen LogP contribution >= 0.6 is 0 Å². The molecule has 0 spiro atoms. The Morgan fingerprint density at radius 1 is 1.39 bits per heavy atom. The molecule has 1 aromatic carbocycles. The first-order valence-corrected chi connectivity index (χ1v) is 8.10. The van der Waals surface area contributed by atoms with Gasteiger partial charge in [-0.2, -0.15) is 0 Å². The monoisotopic (exact) mass is 322 g/mol. The molecule has 3 rings (SSSR count). The van der Waals surface area contributed by atoms with E-state index in [-0.39, 0.29) is 36.6 Å². The molecule has 4 atom stereocenters. The molecule has 2 amide bonds. The Kier molecular flexibility index (Phi) is 4.82. The normalized spacial score (nSPS) is 30.7. The third-order valence-electron chi connectivity index (χ3n) is 4.82. The zero-order valence-corrected chi connectivity index (χ0v) is 13.2. The minimum absolute atomic E-state index is 0.0957. The summed E-state index contributed by atoms with van der Waals surface area (Å²) in [5.41, 5.74) is 0.720. The van der Waals surface area contributed by atoms with Crippen LogP contribution in [0.25, 0.3) is 0 Å². The quantitative estimate of drug-likeness (QED) is 0.897.